The van der Waals surface area contributed by atoms with Crippen LogP contribution in [0.4, 0.5) is 4.39 Å². The highest BCUT2D eigenvalue weighted by molar-refractivity contribution is 7.88. The molecule has 0 aliphatic heterocycles. The van der Waals surface area contributed by atoms with Gasteiger partial charge in [-0.2, -0.15) is 0 Å². The molecule has 0 aromatic heterocycles. The van der Waals surface area contributed by atoms with Gasteiger partial charge in [-0.15, -0.1) is 0 Å². The van der Waals surface area contributed by atoms with Gasteiger partial charge in [0, 0.05) is 19.6 Å². The molecule has 0 bridgehead atoms. The zero-order chi connectivity index (χ0) is 15.9. The van der Waals surface area contributed by atoms with Gasteiger partial charge >= 0.3 is 0 Å². The molecule has 1 amide bonds. The van der Waals surface area contributed by atoms with Gasteiger partial charge in [-0.05, 0) is 18.1 Å². The fraction of sp³-hybridized carbons (Fsp3) is 0.500. The monoisotopic (exact) mass is 316 g/mol. The maximum atomic E-state index is 13.4. The minimum Gasteiger partial charge on any atom is -0.354 e. The van der Waals surface area contributed by atoms with Crippen LogP contribution in [0.5, 0.6) is 0 Å². The Hall–Kier alpha value is -1.47. The summed E-state index contributed by atoms with van der Waals surface area (Å²) in [6.07, 6.45) is 1.79. The summed E-state index contributed by atoms with van der Waals surface area (Å²) in [4.78, 5) is 11.7. The Morgan fingerprint density at radius 1 is 1.29 bits per heavy atom. The van der Waals surface area contributed by atoms with E-state index < -0.39 is 15.8 Å². The number of halogens is 1. The van der Waals surface area contributed by atoms with Crippen molar-refractivity contribution in [3.63, 3.8) is 0 Å². The van der Waals surface area contributed by atoms with Crippen molar-refractivity contribution < 1.29 is 17.6 Å². The van der Waals surface area contributed by atoms with Crippen LogP contribution in [0.25, 0.3) is 0 Å². The molecule has 21 heavy (non-hydrogen) atoms. The molecule has 0 saturated carbocycles. The van der Waals surface area contributed by atoms with Crippen molar-refractivity contribution in [2.45, 2.75) is 19.8 Å². The first kappa shape index (κ1) is 17.6. The number of carbonyl (C=O) groups is 1. The standard InChI is InChI=1S/C14H21FN2O3S/c1-3-9-17(21(2,19)20)10-8-16-14(18)11-12-6-4-5-7-13(12)15/h4-7H,3,8-11H2,1-2H3,(H,16,18). The second kappa shape index (κ2) is 8.09. The lowest BCUT2D eigenvalue weighted by atomic mass is 10.1. The van der Waals surface area contributed by atoms with Crippen molar-refractivity contribution in [2.24, 2.45) is 0 Å². The average molecular weight is 316 g/mol. The van der Waals surface area contributed by atoms with E-state index in [0.717, 1.165) is 6.26 Å². The minimum atomic E-state index is -3.27. The van der Waals surface area contributed by atoms with Gasteiger partial charge < -0.3 is 5.32 Å². The van der Waals surface area contributed by atoms with E-state index in [-0.39, 0.29) is 25.4 Å². The Kier molecular flexibility index (Phi) is 6.77. The number of nitrogens with one attached hydrogen (secondary N) is 1. The van der Waals surface area contributed by atoms with Crippen LogP contribution in [0.1, 0.15) is 18.9 Å². The van der Waals surface area contributed by atoms with E-state index >= 15 is 0 Å². The summed E-state index contributed by atoms with van der Waals surface area (Å²) < 4.78 is 37.7. The summed E-state index contributed by atoms with van der Waals surface area (Å²) in [5, 5.41) is 2.61. The fourth-order valence-electron chi connectivity index (χ4n) is 1.89. The number of amides is 1. The van der Waals surface area contributed by atoms with Gasteiger partial charge in [-0.3, -0.25) is 4.79 Å². The van der Waals surface area contributed by atoms with Crippen molar-refractivity contribution in [3.05, 3.63) is 35.6 Å². The molecule has 0 spiro atoms. The van der Waals surface area contributed by atoms with E-state index in [2.05, 4.69) is 5.32 Å². The molecule has 1 aromatic rings. The van der Waals surface area contributed by atoms with E-state index in [4.69, 9.17) is 0 Å². The Labute approximate surface area is 125 Å². The van der Waals surface area contributed by atoms with E-state index in [1.165, 1.54) is 10.4 Å². The molecule has 1 aromatic carbocycles. The molecule has 5 nitrogen and oxygen atoms in total. The van der Waals surface area contributed by atoms with Crippen molar-refractivity contribution in [1.29, 1.82) is 0 Å². The Balaban J connectivity index is 2.45. The molecule has 0 aliphatic rings. The summed E-state index contributed by atoms with van der Waals surface area (Å²) in [6, 6.07) is 6.08. The topological polar surface area (TPSA) is 66.5 Å². The molecule has 0 aliphatic carbocycles. The van der Waals surface area contributed by atoms with Gasteiger partial charge in [0.25, 0.3) is 0 Å². The maximum Gasteiger partial charge on any atom is 0.224 e. The van der Waals surface area contributed by atoms with Crippen molar-refractivity contribution in [2.75, 3.05) is 25.9 Å². The molecule has 118 valence electrons. The van der Waals surface area contributed by atoms with Gasteiger partial charge in [-0.25, -0.2) is 17.1 Å². The van der Waals surface area contributed by atoms with Crippen LogP contribution in [-0.4, -0.2) is 44.5 Å². The molecule has 1 rings (SSSR count). The molecule has 0 saturated heterocycles. The lowest BCUT2D eigenvalue weighted by Gasteiger charge is -2.19. The highest BCUT2D eigenvalue weighted by Crippen LogP contribution is 2.06. The van der Waals surface area contributed by atoms with Crippen LogP contribution in [0.15, 0.2) is 24.3 Å². The number of benzene rings is 1. The number of hydrogen-bond acceptors (Lipinski definition) is 3. The summed E-state index contributed by atoms with van der Waals surface area (Å²) >= 11 is 0. The van der Waals surface area contributed by atoms with Gasteiger partial charge in [-0.1, -0.05) is 25.1 Å². The third-order valence-corrected chi connectivity index (χ3v) is 4.24. The van der Waals surface area contributed by atoms with Crippen LogP contribution < -0.4 is 5.32 Å². The molecule has 0 heterocycles. The molecular weight excluding hydrogens is 295 g/mol. The van der Waals surface area contributed by atoms with Crippen LogP contribution in [-0.2, 0) is 21.2 Å². The number of carbonyl (C=O) groups excluding carboxylic acids is 1. The predicted molar refractivity (Wildman–Crippen MR) is 79.8 cm³/mol. The quantitative estimate of drug-likeness (QED) is 0.782. The third-order valence-electron chi connectivity index (χ3n) is 2.93. The molecule has 1 N–H and O–H groups in total. The van der Waals surface area contributed by atoms with E-state index in [0.29, 0.717) is 18.5 Å². The van der Waals surface area contributed by atoms with Gasteiger partial charge in [0.2, 0.25) is 15.9 Å². The van der Waals surface area contributed by atoms with Crippen LogP contribution in [0.3, 0.4) is 0 Å². The fourth-order valence-corrected chi connectivity index (χ4v) is 2.83. The van der Waals surface area contributed by atoms with E-state index in [1.807, 2.05) is 6.92 Å². The second-order valence-electron chi connectivity index (χ2n) is 4.78. The largest absolute Gasteiger partial charge is 0.354 e. The van der Waals surface area contributed by atoms with E-state index in [1.54, 1.807) is 18.2 Å². The smallest absolute Gasteiger partial charge is 0.224 e. The highest BCUT2D eigenvalue weighted by Gasteiger charge is 2.15. The van der Waals surface area contributed by atoms with Crippen LogP contribution >= 0.6 is 0 Å². The highest BCUT2D eigenvalue weighted by atomic mass is 32.2. The summed E-state index contributed by atoms with van der Waals surface area (Å²) in [5.41, 5.74) is 0.323. The first-order chi connectivity index (χ1) is 9.84. The molecule has 7 heteroatoms. The van der Waals surface area contributed by atoms with Crippen molar-refractivity contribution in [3.8, 4) is 0 Å². The maximum absolute atomic E-state index is 13.4. The molecule has 0 atom stereocenters. The van der Waals surface area contributed by atoms with Gasteiger partial charge in [0.05, 0.1) is 12.7 Å². The number of rotatable bonds is 8. The predicted octanol–water partition coefficient (Wildman–Crippen LogP) is 1.16. The number of sulfonamides is 1. The second-order valence-corrected chi connectivity index (χ2v) is 6.76. The normalized spacial score (nSPS) is 11.6. The Bertz CT molecular complexity index is 575. The molecular formula is C14H21FN2O3S. The molecule has 0 fully saturated rings. The van der Waals surface area contributed by atoms with Crippen molar-refractivity contribution in [1.82, 2.24) is 9.62 Å². The lowest BCUT2D eigenvalue weighted by molar-refractivity contribution is -0.120. The summed E-state index contributed by atoms with van der Waals surface area (Å²) in [5.74, 6) is -0.749. The van der Waals surface area contributed by atoms with Crippen LogP contribution in [0.2, 0.25) is 0 Å². The van der Waals surface area contributed by atoms with E-state index in [9.17, 15) is 17.6 Å². The Morgan fingerprint density at radius 3 is 2.52 bits per heavy atom. The van der Waals surface area contributed by atoms with Gasteiger partial charge in [0.1, 0.15) is 5.82 Å². The lowest BCUT2D eigenvalue weighted by Crippen LogP contribution is -2.38. The third kappa shape index (κ3) is 6.22. The summed E-state index contributed by atoms with van der Waals surface area (Å²) in [7, 11) is -3.27. The molecule has 0 unspecified atom stereocenters. The first-order valence-electron chi connectivity index (χ1n) is 6.79. The first-order valence-corrected chi connectivity index (χ1v) is 8.64. The summed E-state index contributed by atoms with van der Waals surface area (Å²) in [6.45, 7) is 2.73. The zero-order valence-corrected chi connectivity index (χ0v) is 13.1. The molecule has 0 radical (unpaired) electrons. The minimum absolute atomic E-state index is 0.0562. The van der Waals surface area contributed by atoms with Gasteiger partial charge in [0.15, 0.2) is 0 Å². The Morgan fingerprint density at radius 2 is 1.95 bits per heavy atom. The zero-order valence-electron chi connectivity index (χ0n) is 12.3. The van der Waals surface area contributed by atoms with Crippen LogP contribution in [0, 0.1) is 5.82 Å². The number of hydrogen-bond donors (Lipinski definition) is 1. The number of nitrogens with zero attached hydrogens (tertiary/aromatic N) is 1. The average Bonchev–Trinajstić information content (AvgIpc) is 2.39. The SMILES string of the molecule is CCCN(CCNC(=O)Cc1ccccc1F)S(C)(=O)=O. The van der Waals surface area contributed by atoms with Crippen molar-refractivity contribution >= 4 is 15.9 Å².